The quantitative estimate of drug-likeness (QED) is 0.434. The fourth-order valence-corrected chi connectivity index (χ4v) is 7.24. The molecule has 38 heavy (non-hydrogen) atoms. The van der Waals surface area contributed by atoms with Crippen molar-refractivity contribution in [2.45, 2.75) is 95.7 Å². The zero-order chi connectivity index (χ0) is 27.8. The molecular weight excluding hydrogens is 510 g/mol. The Balaban J connectivity index is 1.69. The van der Waals surface area contributed by atoms with E-state index < -0.39 is 38.5 Å². The number of ether oxygens (including phenoxy) is 6. The number of fused-ring (bicyclic) bond motifs is 6. The SMILES string of the molecule is COc1c2c(cc3c1C(=O)N[C@H]1[C@@H]4OC(C)(C)O[C@@H]4[C@@H](O[Si](C)(C)C(C)(C)C)[C@H](COC(C)=O)[C@H]31)OCO2. The van der Waals surface area contributed by atoms with Gasteiger partial charge < -0.3 is 38.2 Å². The summed E-state index contributed by atoms with van der Waals surface area (Å²) in [6, 6.07) is 1.40. The Bertz CT molecular complexity index is 1140. The Hall–Kier alpha value is -2.34. The third-order valence-corrected chi connectivity index (χ3v) is 13.0. The maximum absolute atomic E-state index is 13.6. The first kappa shape index (κ1) is 27.2. The number of hydrogen-bond acceptors (Lipinski definition) is 9. The molecule has 1 aromatic carbocycles. The summed E-state index contributed by atoms with van der Waals surface area (Å²) in [5.41, 5.74) is 1.11. The molecule has 11 heteroatoms. The highest BCUT2D eigenvalue weighted by Gasteiger charge is 2.62. The van der Waals surface area contributed by atoms with Gasteiger partial charge in [-0.05, 0) is 43.6 Å². The minimum absolute atomic E-state index is 0.0358. The van der Waals surface area contributed by atoms with Crippen molar-refractivity contribution in [2.24, 2.45) is 5.92 Å². The Morgan fingerprint density at radius 2 is 1.87 bits per heavy atom. The van der Waals surface area contributed by atoms with E-state index in [0.717, 1.165) is 5.56 Å². The largest absolute Gasteiger partial charge is 0.492 e. The van der Waals surface area contributed by atoms with Crippen LogP contribution < -0.4 is 19.5 Å². The van der Waals surface area contributed by atoms with Gasteiger partial charge in [0.1, 0.15) is 12.2 Å². The fourth-order valence-electron chi connectivity index (χ4n) is 5.89. The molecule has 10 nitrogen and oxygen atoms in total. The summed E-state index contributed by atoms with van der Waals surface area (Å²) in [4.78, 5) is 25.6. The summed E-state index contributed by atoms with van der Waals surface area (Å²) in [5.74, 6) is -1.01. The molecule has 0 radical (unpaired) electrons. The van der Waals surface area contributed by atoms with Gasteiger partial charge in [0.25, 0.3) is 5.91 Å². The van der Waals surface area contributed by atoms with E-state index in [9.17, 15) is 9.59 Å². The Labute approximate surface area is 224 Å². The number of amides is 1. The third-order valence-electron chi connectivity index (χ3n) is 8.57. The molecule has 1 aromatic rings. The Kier molecular flexibility index (Phi) is 6.53. The highest BCUT2D eigenvalue weighted by Crippen LogP contribution is 2.55. The first-order valence-corrected chi connectivity index (χ1v) is 16.0. The van der Waals surface area contributed by atoms with E-state index in [-0.39, 0.29) is 42.2 Å². The average molecular weight is 550 g/mol. The summed E-state index contributed by atoms with van der Waals surface area (Å²) >= 11 is 0. The van der Waals surface area contributed by atoms with Gasteiger partial charge in [-0.25, -0.2) is 0 Å². The van der Waals surface area contributed by atoms with E-state index in [4.69, 9.17) is 32.8 Å². The number of esters is 1. The summed E-state index contributed by atoms with van der Waals surface area (Å²) in [7, 11) is -0.822. The second-order valence-electron chi connectivity index (χ2n) is 12.5. The standard InChI is InChI=1S/C27H39NO9Si/c1-13(29)32-11-15-17-14-10-16-21(34-12-33-16)22(31-7)18(14)25(30)28-19(17)23-24(36-27(5,6)35-23)20(15)37-38(8,9)26(2,3)4/h10,15,17,19-20,23-24H,11-12H2,1-9H3,(H,28,30)/t15-,17+,19-,20+,23+,24-/m1/s1. The first-order chi connectivity index (χ1) is 17.6. The Morgan fingerprint density at radius 1 is 1.18 bits per heavy atom. The van der Waals surface area contributed by atoms with Gasteiger partial charge in [-0.2, -0.15) is 0 Å². The van der Waals surface area contributed by atoms with Gasteiger partial charge in [0.2, 0.25) is 12.5 Å². The van der Waals surface area contributed by atoms with Gasteiger partial charge in [0.15, 0.2) is 25.6 Å². The predicted molar refractivity (Wildman–Crippen MR) is 139 cm³/mol. The molecule has 3 heterocycles. The van der Waals surface area contributed by atoms with Crippen LogP contribution in [0, 0.1) is 5.92 Å². The third kappa shape index (κ3) is 4.37. The summed E-state index contributed by atoms with van der Waals surface area (Å²) in [6.07, 6.45) is -1.41. The number of benzene rings is 1. The molecule has 4 aliphatic rings. The van der Waals surface area contributed by atoms with Crippen molar-refractivity contribution in [3.63, 3.8) is 0 Å². The van der Waals surface area contributed by atoms with Crippen LogP contribution in [0.5, 0.6) is 17.2 Å². The highest BCUT2D eigenvalue weighted by molar-refractivity contribution is 6.74. The van der Waals surface area contributed by atoms with E-state index in [1.807, 2.05) is 19.9 Å². The molecule has 0 aromatic heterocycles. The number of carbonyl (C=O) groups excluding carboxylic acids is 2. The van der Waals surface area contributed by atoms with E-state index in [1.165, 1.54) is 14.0 Å². The van der Waals surface area contributed by atoms with Crippen LogP contribution in [0.2, 0.25) is 18.1 Å². The predicted octanol–water partition coefficient (Wildman–Crippen LogP) is 3.72. The van der Waals surface area contributed by atoms with Crippen molar-refractivity contribution in [1.82, 2.24) is 5.32 Å². The van der Waals surface area contributed by atoms with Crippen LogP contribution in [0.1, 0.15) is 63.4 Å². The van der Waals surface area contributed by atoms with Crippen LogP contribution in [0.3, 0.4) is 0 Å². The number of carbonyl (C=O) groups is 2. The maximum Gasteiger partial charge on any atom is 0.302 e. The molecule has 2 fully saturated rings. The molecule has 210 valence electrons. The highest BCUT2D eigenvalue weighted by atomic mass is 28.4. The van der Waals surface area contributed by atoms with Crippen molar-refractivity contribution in [3.05, 3.63) is 17.2 Å². The van der Waals surface area contributed by atoms with Gasteiger partial charge in [0.05, 0.1) is 31.4 Å². The number of hydrogen-bond donors (Lipinski definition) is 1. The monoisotopic (exact) mass is 549 g/mol. The molecule has 1 amide bonds. The summed E-state index contributed by atoms with van der Waals surface area (Å²) in [6.45, 7) is 16.2. The molecule has 0 spiro atoms. The minimum Gasteiger partial charge on any atom is -0.492 e. The lowest BCUT2D eigenvalue weighted by Crippen LogP contribution is -2.66. The topological polar surface area (TPSA) is 111 Å². The van der Waals surface area contributed by atoms with E-state index in [2.05, 4.69) is 39.2 Å². The van der Waals surface area contributed by atoms with Crippen molar-refractivity contribution in [2.75, 3.05) is 20.5 Å². The van der Waals surface area contributed by atoms with Gasteiger partial charge in [-0.3, -0.25) is 9.59 Å². The van der Waals surface area contributed by atoms with E-state index in [0.29, 0.717) is 22.8 Å². The van der Waals surface area contributed by atoms with Crippen LogP contribution in [-0.2, 0) is 23.4 Å². The van der Waals surface area contributed by atoms with Gasteiger partial charge in [0, 0.05) is 18.8 Å². The number of nitrogens with one attached hydrogen (secondary N) is 1. The molecule has 1 saturated heterocycles. The van der Waals surface area contributed by atoms with E-state index >= 15 is 0 Å². The zero-order valence-electron chi connectivity index (χ0n) is 23.6. The van der Waals surface area contributed by atoms with Gasteiger partial charge in [-0.15, -0.1) is 0 Å². The van der Waals surface area contributed by atoms with Gasteiger partial charge >= 0.3 is 5.97 Å². The zero-order valence-corrected chi connectivity index (χ0v) is 24.6. The maximum atomic E-state index is 13.6. The van der Waals surface area contributed by atoms with Crippen molar-refractivity contribution < 1.29 is 42.4 Å². The first-order valence-electron chi connectivity index (χ1n) is 13.1. The van der Waals surface area contributed by atoms with E-state index in [1.54, 1.807) is 0 Å². The molecule has 3 aliphatic heterocycles. The van der Waals surface area contributed by atoms with Crippen molar-refractivity contribution in [3.8, 4) is 17.2 Å². The smallest absolute Gasteiger partial charge is 0.302 e. The molecule has 1 saturated carbocycles. The van der Waals surface area contributed by atoms with Crippen molar-refractivity contribution >= 4 is 20.2 Å². The average Bonchev–Trinajstić information content (AvgIpc) is 3.40. The molecular formula is C27H39NO9Si. The fraction of sp³-hybridized carbons (Fsp3) is 0.704. The molecule has 6 atom stereocenters. The molecule has 5 rings (SSSR count). The summed E-state index contributed by atoms with van der Waals surface area (Å²) in [5, 5.41) is 3.10. The summed E-state index contributed by atoms with van der Waals surface area (Å²) < 4.78 is 42.7. The minimum atomic E-state index is -2.33. The second kappa shape index (κ2) is 9.11. The van der Waals surface area contributed by atoms with Crippen LogP contribution in [-0.4, -0.2) is 70.8 Å². The van der Waals surface area contributed by atoms with Crippen LogP contribution in [0.25, 0.3) is 0 Å². The van der Waals surface area contributed by atoms with Crippen LogP contribution in [0.4, 0.5) is 0 Å². The molecule has 1 N–H and O–H groups in total. The van der Waals surface area contributed by atoms with Crippen LogP contribution in [0.15, 0.2) is 6.07 Å². The molecule has 0 bridgehead atoms. The lowest BCUT2D eigenvalue weighted by Gasteiger charge is -2.52. The lowest BCUT2D eigenvalue weighted by molar-refractivity contribution is -0.159. The number of rotatable bonds is 5. The second-order valence-corrected chi connectivity index (χ2v) is 17.3. The molecule has 0 unspecified atom stereocenters. The van der Waals surface area contributed by atoms with Gasteiger partial charge in [-0.1, -0.05) is 20.8 Å². The number of methoxy groups -OCH3 is 1. The normalized spacial score (nSPS) is 31.1. The lowest BCUT2D eigenvalue weighted by atomic mass is 9.66. The molecule has 1 aliphatic carbocycles. The van der Waals surface area contributed by atoms with Crippen LogP contribution >= 0.6 is 0 Å². The van der Waals surface area contributed by atoms with Crippen molar-refractivity contribution in [1.29, 1.82) is 0 Å². The Morgan fingerprint density at radius 3 is 2.50 bits per heavy atom.